The lowest BCUT2D eigenvalue weighted by Gasteiger charge is -2.08. The van der Waals surface area contributed by atoms with Crippen molar-refractivity contribution in [2.75, 3.05) is 5.32 Å². The third-order valence-electron chi connectivity index (χ3n) is 4.15. The van der Waals surface area contributed by atoms with Gasteiger partial charge in [-0.2, -0.15) is 0 Å². The predicted octanol–water partition coefficient (Wildman–Crippen LogP) is 6.43. The van der Waals surface area contributed by atoms with Gasteiger partial charge in [0.05, 0.1) is 20.2 Å². The molecule has 6 nitrogen and oxygen atoms in total. The van der Waals surface area contributed by atoms with Crippen LogP contribution < -0.4 is 5.32 Å². The van der Waals surface area contributed by atoms with E-state index in [9.17, 15) is 14.9 Å². The van der Waals surface area contributed by atoms with Crippen molar-refractivity contribution >= 4 is 62.0 Å². The van der Waals surface area contributed by atoms with E-state index in [0.717, 1.165) is 21.3 Å². The normalized spacial score (nSPS) is 10.8. The van der Waals surface area contributed by atoms with Crippen molar-refractivity contribution in [3.8, 4) is 10.6 Å². The van der Waals surface area contributed by atoms with Gasteiger partial charge in [0, 0.05) is 22.9 Å². The number of fused-ring (bicyclic) bond motifs is 1. The Labute approximate surface area is 178 Å². The van der Waals surface area contributed by atoms with Crippen LogP contribution in [0.15, 0.2) is 60.7 Å². The van der Waals surface area contributed by atoms with Crippen LogP contribution in [0, 0.1) is 10.1 Å². The van der Waals surface area contributed by atoms with E-state index in [-0.39, 0.29) is 16.3 Å². The fourth-order valence-electron chi connectivity index (χ4n) is 2.75. The first kappa shape index (κ1) is 19.3. The first-order valence-electron chi connectivity index (χ1n) is 8.33. The summed E-state index contributed by atoms with van der Waals surface area (Å²) in [5, 5.41) is 15.0. The Hall–Kier alpha value is -3.00. The Morgan fingerprint density at radius 2 is 1.79 bits per heavy atom. The van der Waals surface area contributed by atoms with Crippen molar-refractivity contribution in [1.29, 1.82) is 0 Å². The maximum absolute atomic E-state index is 12.6. The quantitative estimate of drug-likeness (QED) is 0.290. The van der Waals surface area contributed by atoms with Gasteiger partial charge in [-0.1, -0.05) is 35.3 Å². The highest BCUT2D eigenvalue weighted by atomic mass is 35.5. The van der Waals surface area contributed by atoms with E-state index in [1.807, 2.05) is 24.3 Å². The first-order valence-corrected chi connectivity index (χ1v) is 9.90. The number of hydrogen-bond donors (Lipinski definition) is 1. The van der Waals surface area contributed by atoms with Gasteiger partial charge in [0.15, 0.2) is 0 Å². The van der Waals surface area contributed by atoms with Crippen LogP contribution in [0.3, 0.4) is 0 Å². The zero-order valence-electron chi connectivity index (χ0n) is 14.6. The van der Waals surface area contributed by atoms with Crippen molar-refractivity contribution < 1.29 is 9.72 Å². The minimum Gasteiger partial charge on any atom is -0.322 e. The SMILES string of the molecule is O=C(Nc1ccc(Cl)c(-c2nc3ccccc3s2)c1)c1ccc(Cl)c([N+](=O)[O-])c1. The molecule has 1 aromatic heterocycles. The number of nitrogens with one attached hydrogen (secondary N) is 1. The standard InChI is InChI=1S/C20H11Cl2N3O3S/c21-14-8-6-12(10-13(14)20-24-16-3-1-2-4-18(16)29-20)23-19(26)11-5-7-15(22)17(9-11)25(27)28/h1-10H,(H,23,26). The third kappa shape index (κ3) is 3.93. The molecule has 1 N–H and O–H groups in total. The van der Waals surface area contributed by atoms with Gasteiger partial charge in [-0.05, 0) is 42.5 Å². The number of rotatable bonds is 4. The van der Waals surface area contributed by atoms with E-state index < -0.39 is 10.8 Å². The summed E-state index contributed by atoms with van der Waals surface area (Å²) < 4.78 is 1.03. The number of thiazole rings is 1. The fourth-order valence-corrected chi connectivity index (χ4v) is 4.20. The number of halogens is 2. The van der Waals surface area contributed by atoms with Gasteiger partial charge in [-0.15, -0.1) is 11.3 Å². The Balaban J connectivity index is 1.65. The molecule has 0 radical (unpaired) electrons. The van der Waals surface area contributed by atoms with Gasteiger partial charge in [0.25, 0.3) is 11.6 Å². The molecule has 0 fully saturated rings. The molecule has 144 valence electrons. The van der Waals surface area contributed by atoms with Crippen LogP contribution in [0.5, 0.6) is 0 Å². The van der Waals surface area contributed by atoms with Gasteiger partial charge in [-0.3, -0.25) is 14.9 Å². The molecule has 0 bridgehead atoms. The molecule has 0 aliphatic heterocycles. The van der Waals surface area contributed by atoms with Gasteiger partial charge < -0.3 is 5.32 Å². The average molecular weight is 444 g/mol. The highest BCUT2D eigenvalue weighted by Gasteiger charge is 2.17. The number of nitro benzene ring substituents is 1. The molecule has 0 saturated heterocycles. The van der Waals surface area contributed by atoms with Gasteiger partial charge in [0.1, 0.15) is 10.0 Å². The second-order valence-corrected chi connectivity index (χ2v) is 7.90. The number of amides is 1. The number of anilines is 1. The summed E-state index contributed by atoms with van der Waals surface area (Å²) >= 11 is 13.6. The molecule has 4 aromatic rings. The van der Waals surface area contributed by atoms with Crippen molar-refractivity contribution in [1.82, 2.24) is 4.98 Å². The molecular weight excluding hydrogens is 433 g/mol. The Morgan fingerprint density at radius 1 is 1.03 bits per heavy atom. The maximum Gasteiger partial charge on any atom is 0.288 e. The molecule has 1 amide bonds. The van der Waals surface area contributed by atoms with Gasteiger partial charge in [-0.25, -0.2) is 4.98 Å². The number of aromatic nitrogens is 1. The molecular formula is C20H11Cl2N3O3S. The van der Waals surface area contributed by atoms with Crippen molar-refractivity contribution in [3.63, 3.8) is 0 Å². The highest BCUT2D eigenvalue weighted by molar-refractivity contribution is 7.21. The van der Waals surface area contributed by atoms with E-state index in [1.165, 1.54) is 23.5 Å². The van der Waals surface area contributed by atoms with Crippen molar-refractivity contribution in [2.24, 2.45) is 0 Å². The Kier molecular flexibility index (Phi) is 5.19. The minimum atomic E-state index is -0.632. The first-order chi connectivity index (χ1) is 13.9. The van der Waals surface area contributed by atoms with Crippen molar-refractivity contribution in [3.05, 3.63) is 86.4 Å². The summed E-state index contributed by atoms with van der Waals surface area (Å²) in [5.41, 5.74) is 1.84. The van der Waals surface area contributed by atoms with E-state index in [1.54, 1.807) is 18.2 Å². The zero-order chi connectivity index (χ0) is 20.5. The Morgan fingerprint density at radius 3 is 2.55 bits per heavy atom. The highest BCUT2D eigenvalue weighted by Crippen LogP contribution is 2.36. The van der Waals surface area contributed by atoms with E-state index >= 15 is 0 Å². The van der Waals surface area contributed by atoms with Gasteiger partial charge >= 0.3 is 0 Å². The lowest BCUT2D eigenvalue weighted by molar-refractivity contribution is -0.384. The Bertz CT molecular complexity index is 1240. The van der Waals surface area contributed by atoms with Gasteiger partial charge in [0.2, 0.25) is 0 Å². The topological polar surface area (TPSA) is 85.1 Å². The molecule has 3 aromatic carbocycles. The minimum absolute atomic E-state index is 0.0313. The lowest BCUT2D eigenvalue weighted by atomic mass is 10.1. The number of hydrogen-bond acceptors (Lipinski definition) is 5. The molecule has 1 heterocycles. The summed E-state index contributed by atoms with van der Waals surface area (Å²) in [6.07, 6.45) is 0. The number of para-hydroxylation sites is 1. The molecule has 0 atom stereocenters. The molecule has 0 unspecified atom stereocenters. The molecule has 0 spiro atoms. The van der Waals surface area contributed by atoms with E-state index in [2.05, 4.69) is 10.3 Å². The van der Waals surface area contributed by atoms with Crippen LogP contribution in [0.2, 0.25) is 10.0 Å². The zero-order valence-corrected chi connectivity index (χ0v) is 16.9. The average Bonchev–Trinajstić information content (AvgIpc) is 3.13. The number of nitrogens with zero attached hydrogens (tertiary/aromatic N) is 2. The molecule has 4 rings (SSSR count). The summed E-state index contributed by atoms with van der Waals surface area (Å²) in [6.45, 7) is 0. The number of benzene rings is 3. The second kappa shape index (κ2) is 7.79. The second-order valence-electron chi connectivity index (χ2n) is 6.06. The maximum atomic E-state index is 12.6. The number of carbonyl (C=O) groups is 1. The summed E-state index contributed by atoms with van der Waals surface area (Å²) in [5.74, 6) is -0.498. The monoisotopic (exact) mass is 443 g/mol. The predicted molar refractivity (Wildman–Crippen MR) is 116 cm³/mol. The number of carbonyl (C=O) groups excluding carboxylic acids is 1. The molecule has 0 saturated carbocycles. The van der Waals surface area contributed by atoms with Crippen LogP contribution in [0.4, 0.5) is 11.4 Å². The smallest absolute Gasteiger partial charge is 0.288 e. The summed E-state index contributed by atoms with van der Waals surface area (Å²) in [7, 11) is 0. The van der Waals surface area contributed by atoms with Crippen LogP contribution in [0.1, 0.15) is 10.4 Å². The lowest BCUT2D eigenvalue weighted by Crippen LogP contribution is -2.12. The van der Waals surface area contributed by atoms with Crippen LogP contribution in [-0.2, 0) is 0 Å². The third-order valence-corrected chi connectivity index (χ3v) is 5.87. The molecule has 0 aliphatic carbocycles. The van der Waals surface area contributed by atoms with Crippen LogP contribution in [0.25, 0.3) is 20.8 Å². The molecule has 0 aliphatic rings. The summed E-state index contributed by atoms with van der Waals surface area (Å²) in [6, 6.07) is 16.7. The van der Waals surface area contributed by atoms with Crippen LogP contribution in [-0.4, -0.2) is 15.8 Å². The van der Waals surface area contributed by atoms with Crippen molar-refractivity contribution in [2.45, 2.75) is 0 Å². The fraction of sp³-hybridized carbons (Fsp3) is 0. The van der Waals surface area contributed by atoms with E-state index in [4.69, 9.17) is 23.2 Å². The number of nitro groups is 1. The molecule has 9 heteroatoms. The molecule has 29 heavy (non-hydrogen) atoms. The largest absolute Gasteiger partial charge is 0.322 e. The van der Waals surface area contributed by atoms with E-state index in [0.29, 0.717) is 16.3 Å². The summed E-state index contributed by atoms with van der Waals surface area (Å²) in [4.78, 5) is 27.6. The van der Waals surface area contributed by atoms with Crippen LogP contribution >= 0.6 is 34.5 Å².